The van der Waals surface area contributed by atoms with Crippen molar-refractivity contribution in [3.63, 3.8) is 0 Å². The maximum atomic E-state index is 12.8. The van der Waals surface area contributed by atoms with E-state index < -0.39 is 6.10 Å². The minimum Gasteiger partial charge on any atom is -0.457 e. The van der Waals surface area contributed by atoms with Crippen molar-refractivity contribution in [2.75, 3.05) is 0 Å². The van der Waals surface area contributed by atoms with Crippen LogP contribution in [0.3, 0.4) is 0 Å². The average Bonchev–Trinajstić information content (AvgIpc) is 3.50. The Hall–Kier alpha value is -2.84. The predicted octanol–water partition coefficient (Wildman–Crippen LogP) is 5.04. The summed E-state index contributed by atoms with van der Waals surface area (Å²) in [6.45, 7) is 8.17. The van der Waals surface area contributed by atoms with Gasteiger partial charge in [0.1, 0.15) is 17.6 Å². The molecule has 0 bridgehead atoms. The van der Waals surface area contributed by atoms with Crippen molar-refractivity contribution in [3.8, 4) is 17.6 Å². The summed E-state index contributed by atoms with van der Waals surface area (Å²) in [5, 5.41) is 9.62. The standard InChI is InChI=1S/C24H25NO4/c1-23(2)19(21-24(3,4)29-21)20(23)22(26)28-18(14-25)15-9-8-12-17(13-15)27-16-10-6-5-7-11-16/h5-13,18-21H,1-4H3/t18-,19-,20+,21+/m1/s1. The van der Waals surface area contributed by atoms with Crippen molar-refractivity contribution in [1.29, 1.82) is 5.26 Å². The average molecular weight is 391 g/mol. The molecule has 5 heteroatoms. The van der Waals surface area contributed by atoms with Crippen LogP contribution in [0.25, 0.3) is 0 Å². The monoisotopic (exact) mass is 391 g/mol. The number of esters is 1. The van der Waals surface area contributed by atoms with Gasteiger partial charge in [-0.3, -0.25) is 4.79 Å². The Balaban J connectivity index is 1.45. The van der Waals surface area contributed by atoms with Gasteiger partial charge in [0.15, 0.2) is 0 Å². The lowest BCUT2D eigenvalue weighted by Gasteiger charge is -2.13. The smallest absolute Gasteiger partial charge is 0.311 e. The highest BCUT2D eigenvalue weighted by Crippen LogP contribution is 2.66. The zero-order chi connectivity index (χ0) is 20.8. The number of hydrogen-bond donors (Lipinski definition) is 0. The fourth-order valence-corrected chi connectivity index (χ4v) is 4.22. The molecule has 2 fully saturated rings. The molecule has 1 aliphatic heterocycles. The van der Waals surface area contributed by atoms with E-state index in [0.29, 0.717) is 17.1 Å². The molecule has 0 unspecified atom stereocenters. The van der Waals surface area contributed by atoms with Crippen molar-refractivity contribution < 1.29 is 19.0 Å². The highest BCUT2D eigenvalue weighted by Gasteiger charge is 2.73. The fourth-order valence-electron chi connectivity index (χ4n) is 4.22. The maximum Gasteiger partial charge on any atom is 0.311 e. The molecule has 4 atom stereocenters. The third kappa shape index (κ3) is 3.73. The van der Waals surface area contributed by atoms with E-state index in [1.54, 1.807) is 24.3 Å². The summed E-state index contributed by atoms with van der Waals surface area (Å²) >= 11 is 0. The molecule has 0 spiro atoms. The highest BCUT2D eigenvalue weighted by atomic mass is 16.6. The van der Waals surface area contributed by atoms with Gasteiger partial charge in [0.05, 0.1) is 17.6 Å². The van der Waals surface area contributed by atoms with Gasteiger partial charge in [0.2, 0.25) is 6.10 Å². The van der Waals surface area contributed by atoms with Crippen LogP contribution in [0.2, 0.25) is 0 Å². The lowest BCUT2D eigenvalue weighted by Crippen LogP contribution is -2.15. The Labute approximate surface area is 171 Å². The number of benzene rings is 2. The Morgan fingerprint density at radius 3 is 2.34 bits per heavy atom. The number of carbonyl (C=O) groups excluding carboxylic acids is 1. The van der Waals surface area contributed by atoms with Gasteiger partial charge < -0.3 is 14.2 Å². The van der Waals surface area contributed by atoms with Crippen LogP contribution in [0.1, 0.15) is 39.4 Å². The van der Waals surface area contributed by atoms with Crippen LogP contribution in [0.4, 0.5) is 0 Å². The summed E-state index contributed by atoms with van der Waals surface area (Å²) in [7, 11) is 0. The van der Waals surface area contributed by atoms with E-state index in [0.717, 1.165) is 0 Å². The van der Waals surface area contributed by atoms with E-state index in [1.807, 2.05) is 44.2 Å². The molecule has 1 saturated carbocycles. The summed E-state index contributed by atoms with van der Waals surface area (Å²) < 4.78 is 17.2. The molecule has 1 saturated heterocycles. The van der Waals surface area contributed by atoms with Crippen LogP contribution in [0, 0.1) is 28.6 Å². The Morgan fingerprint density at radius 1 is 1.07 bits per heavy atom. The van der Waals surface area contributed by atoms with Crippen molar-refractivity contribution in [2.24, 2.45) is 17.3 Å². The number of hydrogen-bond acceptors (Lipinski definition) is 5. The molecule has 150 valence electrons. The molecular weight excluding hydrogens is 366 g/mol. The van der Waals surface area contributed by atoms with Crippen LogP contribution in [0.5, 0.6) is 11.5 Å². The highest BCUT2D eigenvalue weighted by molar-refractivity contribution is 5.78. The molecule has 5 nitrogen and oxygen atoms in total. The molecule has 2 aliphatic rings. The van der Waals surface area contributed by atoms with Crippen LogP contribution in [0.15, 0.2) is 54.6 Å². The number of epoxide rings is 1. The first-order valence-electron chi connectivity index (χ1n) is 9.85. The Morgan fingerprint density at radius 2 is 1.72 bits per heavy atom. The third-order valence-corrected chi connectivity index (χ3v) is 6.04. The number of carbonyl (C=O) groups is 1. The summed E-state index contributed by atoms with van der Waals surface area (Å²) in [4.78, 5) is 12.8. The largest absolute Gasteiger partial charge is 0.457 e. The van der Waals surface area contributed by atoms with Gasteiger partial charge in [-0.1, -0.05) is 44.2 Å². The van der Waals surface area contributed by atoms with Gasteiger partial charge in [-0.25, -0.2) is 0 Å². The molecule has 2 aromatic rings. The molecule has 0 aromatic heterocycles. The first kappa shape index (κ1) is 19.5. The molecular formula is C24H25NO4. The van der Waals surface area contributed by atoms with Gasteiger partial charge >= 0.3 is 5.97 Å². The van der Waals surface area contributed by atoms with E-state index in [4.69, 9.17) is 14.2 Å². The molecule has 1 aliphatic carbocycles. The number of nitriles is 1. The summed E-state index contributed by atoms with van der Waals surface area (Å²) in [6, 6.07) is 18.6. The van der Waals surface area contributed by atoms with E-state index in [1.165, 1.54) is 0 Å². The third-order valence-electron chi connectivity index (χ3n) is 6.04. The van der Waals surface area contributed by atoms with Crippen LogP contribution < -0.4 is 4.74 Å². The number of rotatable bonds is 6. The number of ether oxygens (including phenoxy) is 3. The lowest BCUT2D eigenvalue weighted by molar-refractivity contribution is -0.149. The quantitative estimate of drug-likeness (QED) is 0.510. The second-order valence-corrected chi connectivity index (χ2v) is 8.90. The predicted molar refractivity (Wildman–Crippen MR) is 107 cm³/mol. The van der Waals surface area contributed by atoms with Gasteiger partial charge in [0, 0.05) is 11.5 Å². The van der Waals surface area contributed by atoms with E-state index in [-0.39, 0.29) is 34.9 Å². The molecule has 29 heavy (non-hydrogen) atoms. The minimum atomic E-state index is -0.980. The van der Waals surface area contributed by atoms with Gasteiger partial charge in [-0.05, 0) is 43.5 Å². The zero-order valence-electron chi connectivity index (χ0n) is 17.1. The van der Waals surface area contributed by atoms with Gasteiger partial charge in [0.25, 0.3) is 0 Å². The molecule has 0 amide bonds. The van der Waals surface area contributed by atoms with E-state index >= 15 is 0 Å². The lowest BCUT2D eigenvalue weighted by atomic mass is 10.0. The van der Waals surface area contributed by atoms with Crippen molar-refractivity contribution >= 4 is 5.97 Å². The SMILES string of the molecule is CC1(C)O[C@H]1[C@H]1[C@@H](C(=O)O[C@H](C#N)c2cccc(Oc3ccccc3)c2)C1(C)C. The normalized spacial score (nSPS) is 26.7. The van der Waals surface area contributed by atoms with Crippen molar-refractivity contribution in [2.45, 2.75) is 45.5 Å². The van der Waals surface area contributed by atoms with E-state index in [2.05, 4.69) is 19.9 Å². The van der Waals surface area contributed by atoms with Crippen LogP contribution in [-0.2, 0) is 14.3 Å². The summed E-state index contributed by atoms with van der Waals surface area (Å²) in [6.07, 6.45) is -0.912. The summed E-state index contributed by atoms with van der Waals surface area (Å²) in [5.41, 5.74) is 0.218. The molecule has 0 radical (unpaired) electrons. The second-order valence-electron chi connectivity index (χ2n) is 8.90. The van der Waals surface area contributed by atoms with Gasteiger partial charge in [-0.15, -0.1) is 0 Å². The first-order chi connectivity index (χ1) is 13.7. The first-order valence-corrected chi connectivity index (χ1v) is 9.85. The molecule has 1 heterocycles. The fraction of sp³-hybridized carbons (Fsp3) is 0.417. The van der Waals surface area contributed by atoms with Gasteiger partial charge in [-0.2, -0.15) is 5.26 Å². The van der Waals surface area contributed by atoms with Crippen LogP contribution >= 0.6 is 0 Å². The Kier molecular flexibility index (Phi) is 4.63. The maximum absolute atomic E-state index is 12.8. The van der Waals surface area contributed by atoms with Crippen molar-refractivity contribution in [3.05, 3.63) is 60.2 Å². The Bertz CT molecular complexity index is 960. The molecule has 4 rings (SSSR count). The van der Waals surface area contributed by atoms with Crippen molar-refractivity contribution in [1.82, 2.24) is 0 Å². The van der Waals surface area contributed by atoms with E-state index in [9.17, 15) is 10.1 Å². The second kappa shape index (κ2) is 6.89. The van der Waals surface area contributed by atoms with Crippen LogP contribution in [-0.4, -0.2) is 17.7 Å². The number of para-hydroxylation sites is 1. The minimum absolute atomic E-state index is 0.0678. The zero-order valence-corrected chi connectivity index (χ0v) is 17.1. The number of nitrogens with zero attached hydrogens (tertiary/aromatic N) is 1. The molecule has 0 N–H and O–H groups in total. The summed E-state index contributed by atoms with van der Waals surface area (Å²) in [5.74, 6) is 0.811. The molecule has 2 aromatic carbocycles. The topological polar surface area (TPSA) is 71.8 Å².